The number of anilines is 1. The van der Waals surface area contributed by atoms with Gasteiger partial charge in [-0.2, -0.15) is 10.2 Å². The van der Waals surface area contributed by atoms with Crippen molar-refractivity contribution in [2.75, 3.05) is 38.2 Å². The van der Waals surface area contributed by atoms with Crippen molar-refractivity contribution in [3.05, 3.63) is 77.3 Å². The molecule has 1 aliphatic rings. The second-order valence-electron chi connectivity index (χ2n) is 7.04. The molecule has 156 valence electrons. The van der Waals surface area contributed by atoms with Gasteiger partial charge < -0.3 is 19.0 Å². The van der Waals surface area contributed by atoms with Crippen molar-refractivity contribution in [3.8, 4) is 11.8 Å². The molecule has 0 spiro atoms. The highest BCUT2D eigenvalue weighted by atomic mass is 16.5. The van der Waals surface area contributed by atoms with E-state index in [1.165, 1.54) is 0 Å². The number of amides is 1. The van der Waals surface area contributed by atoms with Crippen molar-refractivity contribution < 1.29 is 13.9 Å². The van der Waals surface area contributed by atoms with Crippen LogP contribution >= 0.6 is 0 Å². The van der Waals surface area contributed by atoms with Crippen LogP contribution in [0.4, 0.5) is 5.88 Å². The monoisotopic (exact) mass is 414 g/mol. The fourth-order valence-electron chi connectivity index (χ4n) is 3.53. The quantitative estimate of drug-likeness (QED) is 0.633. The molecule has 2 aromatic carbocycles. The predicted molar refractivity (Wildman–Crippen MR) is 118 cm³/mol. The van der Waals surface area contributed by atoms with Crippen LogP contribution in [0, 0.1) is 11.3 Å². The van der Waals surface area contributed by atoms with Crippen molar-refractivity contribution >= 4 is 23.9 Å². The van der Waals surface area contributed by atoms with Gasteiger partial charge in [-0.05, 0) is 24.3 Å². The molecule has 1 saturated heterocycles. The molecule has 1 amide bonds. The molecule has 0 unspecified atom stereocenters. The fourth-order valence-corrected chi connectivity index (χ4v) is 3.53. The summed E-state index contributed by atoms with van der Waals surface area (Å²) in [4.78, 5) is 20.7. The maximum absolute atomic E-state index is 12.6. The van der Waals surface area contributed by atoms with E-state index in [0.717, 1.165) is 11.3 Å². The summed E-state index contributed by atoms with van der Waals surface area (Å²) in [5.74, 6) is 1.54. The summed E-state index contributed by atoms with van der Waals surface area (Å²) in [7, 11) is 1.62. The smallest absolute Gasteiger partial charge is 0.253 e. The van der Waals surface area contributed by atoms with Crippen molar-refractivity contribution in [1.82, 2.24) is 9.88 Å². The van der Waals surface area contributed by atoms with E-state index in [1.807, 2.05) is 70.5 Å². The van der Waals surface area contributed by atoms with Crippen LogP contribution in [0.1, 0.15) is 27.5 Å². The van der Waals surface area contributed by atoms with E-state index in [4.69, 9.17) is 9.15 Å². The zero-order valence-corrected chi connectivity index (χ0v) is 17.2. The Balaban J connectivity index is 1.46. The third-order valence-corrected chi connectivity index (χ3v) is 5.15. The lowest BCUT2D eigenvalue weighted by Crippen LogP contribution is -2.48. The van der Waals surface area contributed by atoms with Gasteiger partial charge in [-0.3, -0.25) is 4.79 Å². The topological polar surface area (TPSA) is 82.6 Å². The molecule has 31 heavy (non-hydrogen) atoms. The molecule has 4 rings (SSSR count). The minimum Gasteiger partial charge on any atom is -0.496 e. The predicted octanol–water partition coefficient (Wildman–Crippen LogP) is 3.69. The number of aromatic nitrogens is 1. The number of hydrogen-bond acceptors (Lipinski definition) is 6. The molecule has 0 saturated carbocycles. The minimum atomic E-state index is 0.0127. The molecule has 1 aromatic heterocycles. The number of piperazine rings is 1. The summed E-state index contributed by atoms with van der Waals surface area (Å²) in [6.45, 7) is 2.23. The van der Waals surface area contributed by atoms with Crippen LogP contribution in [0.15, 0.2) is 59.0 Å². The Kier molecular flexibility index (Phi) is 5.99. The standard InChI is InChI=1S/C24H22N4O3/c1-30-21-10-6-5-7-18(21)11-12-22-26-20(17-25)24(31-22)28-15-13-27(14-16-28)23(29)19-8-3-2-4-9-19/h2-12H,13-16H2,1H3. The van der Waals surface area contributed by atoms with Crippen molar-refractivity contribution in [2.24, 2.45) is 0 Å². The molecule has 1 fully saturated rings. The Morgan fingerprint density at radius 2 is 1.77 bits per heavy atom. The SMILES string of the molecule is COc1ccccc1C=Cc1nc(C#N)c(N2CCN(C(=O)c3ccccc3)CC2)o1. The van der Waals surface area contributed by atoms with Gasteiger partial charge in [0.1, 0.15) is 11.8 Å². The van der Waals surface area contributed by atoms with E-state index in [2.05, 4.69) is 11.1 Å². The number of hydrogen-bond donors (Lipinski definition) is 0. The first-order chi connectivity index (χ1) is 15.2. The molecule has 0 bridgehead atoms. The molecule has 0 radical (unpaired) electrons. The highest BCUT2D eigenvalue weighted by molar-refractivity contribution is 5.94. The number of oxazole rings is 1. The highest BCUT2D eigenvalue weighted by Crippen LogP contribution is 2.26. The van der Waals surface area contributed by atoms with E-state index in [1.54, 1.807) is 13.2 Å². The van der Waals surface area contributed by atoms with E-state index >= 15 is 0 Å². The normalized spacial score (nSPS) is 13.9. The number of methoxy groups -OCH3 is 1. The summed E-state index contributed by atoms with van der Waals surface area (Å²) in [5.41, 5.74) is 1.80. The molecular formula is C24H22N4O3. The summed E-state index contributed by atoms with van der Waals surface area (Å²) >= 11 is 0. The summed E-state index contributed by atoms with van der Waals surface area (Å²) in [6, 6.07) is 19.0. The lowest BCUT2D eigenvalue weighted by molar-refractivity contribution is 0.0745. The molecule has 0 atom stereocenters. The first kappa shape index (κ1) is 20.2. The van der Waals surface area contributed by atoms with Gasteiger partial charge in [-0.25, -0.2) is 0 Å². The Labute approximate surface area is 180 Å². The molecule has 7 heteroatoms. The fraction of sp³-hybridized carbons (Fsp3) is 0.208. The Morgan fingerprint density at radius 3 is 2.48 bits per heavy atom. The zero-order valence-electron chi connectivity index (χ0n) is 17.2. The molecule has 2 heterocycles. The number of carbonyl (C=O) groups is 1. The largest absolute Gasteiger partial charge is 0.496 e. The van der Waals surface area contributed by atoms with E-state index in [-0.39, 0.29) is 11.6 Å². The third kappa shape index (κ3) is 4.43. The Hall–Kier alpha value is -4.05. The van der Waals surface area contributed by atoms with Gasteiger partial charge in [0.15, 0.2) is 0 Å². The van der Waals surface area contributed by atoms with Gasteiger partial charge in [-0.15, -0.1) is 0 Å². The maximum atomic E-state index is 12.6. The van der Waals surface area contributed by atoms with E-state index in [0.29, 0.717) is 43.5 Å². The lowest BCUT2D eigenvalue weighted by atomic mass is 10.2. The second-order valence-corrected chi connectivity index (χ2v) is 7.04. The lowest BCUT2D eigenvalue weighted by Gasteiger charge is -2.34. The van der Waals surface area contributed by atoms with Crippen LogP contribution < -0.4 is 9.64 Å². The number of para-hydroxylation sites is 1. The van der Waals surface area contributed by atoms with Crippen LogP contribution in [0.5, 0.6) is 5.75 Å². The van der Waals surface area contributed by atoms with E-state index < -0.39 is 0 Å². The minimum absolute atomic E-state index is 0.0127. The second kappa shape index (κ2) is 9.18. The molecule has 0 aliphatic carbocycles. The van der Waals surface area contributed by atoms with Gasteiger partial charge >= 0.3 is 0 Å². The van der Waals surface area contributed by atoms with Crippen LogP contribution in [-0.4, -0.2) is 49.1 Å². The molecule has 3 aromatic rings. The van der Waals surface area contributed by atoms with Gasteiger partial charge in [0.05, 0.1) is 7.11 Å². The Bertz CT molecular complexity index is 1120. The first-order valence-corrected chi connectivity index (χ1v) is 10.0. The summed E-state index contributed by atoms with van der Waals surface area (Å²) in [6.07, 6.45) is 3.56. The first-order valence-electron chi connectivity index (χ1n) is 10.0. The average molecular weight is 414 g/mol. The van der Waals surface area contributed by atoms with Gasteiger partial charge in [-0.1, -0.05) is 36.4 Å². The molecule has 7 nitrogen and oxygen atoms in total. The van der Waals surface area contributed by atoms with Gasteiger partial charge in [0.2, 0.25) is 17.5 Å². The van der Waals surface area contributed by atoms with Crippen molar-refractivity contribution in [3.63, 3.8) is 0 Å². The number of ether oxygens (including phenoxy) is 1. The third-order valence-electron chi connectivity index (χ3n) is 5.15. The van der Waals surface area contributed by atoms with E-state index in [9.17, 15) is 10.1 Å². The number of benzene rings is 2. The number of carbonyl (C=O) groups excluding carboxylic acids is 1. The van der Waals surface area contributed by atoms with Crippen molar-refractivity contribution in [2.45, 2.75) is 0 Å². The summed E-state index contributed by atoms with van der Waals surface area (Å²) in [5, 5.41) is 9.51. The van der Waals surface area contributed by atoms with Crippen molar-refractivity contribution in [1.29, 1.82) is 5.26 Å². The Morgan fingerprint density at radius 1 is 1.06 bits per heavy atom. The van der Waals surface area contributed by atoms with Crippen LogP contribution in [0.3, 0.4) is 0 Å². The number of rotatable bonds is 5. The zero-order chi connectivity index (χ0) is 21.6. The molecule has 1 aliphatic heterocycles. The van der Waals surface area contributed by atoms with Gasteiger partial charge in [0, 0.05) is 43.4 Å². The molecule has 0 N–H and O–H groups in total. The summed E-state index contributed by atoms with van der Waals surface area (Å²) < 4.78 is 11.2. The highest BCUT2D eigenvalue weighted by Gasteiger charge is 2.26. The van der Waals surface area contributed by atoms with Crippen LogP contribution in [0.2, 0.25) is 0 Å². The number of nitriles is 1. The van der Waals surface area contributed by atoms with Crippen LogP contribution in [-0.2, 0) is 0 Å². The number of nitrogens with zero attached hydrogens (tertiary/aromatic N) is 4. The average Bonchev–Trinajstić information content (AvgIpc) is 3.26. The maximum Gasteiger partial charge on any atom is 0.253 e. The molecular weight excluding hydrogens is 392 g/mol. The van der Waals surface area contributed by atoms with Crippen LogP contribution in [0.25, 0.3) is 12.2 Å². The van der Waals surface area contributed by atoms with Gasteiger partial charge in [0.25, 0.3) is 5.91 Å².